The Kier molecular flexibility index (Phi) is 3.20. The van der Waals surface area contributed by atoms with Gasteiger partial charge in [0.05, 0.1) is 0 Å². The molecule has 0 aliphatic rings. The van der Waals surface area contributed by atoms with Gasteiger partial charge in [-0.1, -0.05) is 12.6 Å². The van der Waals surface area contributed by atoms with Crippen molar-refractivity contribution in [3.63, 3.8) is 0 Å². The molecule has 0 aromatic carbocycles. The molecule has 1 unspecified atom stereocenters. The number of nitrogens with zero attached hydrogens (tertiary/aromatic N) is 1. The van der Waals surface area contributed by atoms with Gasteiger partial charge in [-0.05, 0) is 0 Å². The quantitative estimate of drug-likeness (QED) is 0.396. The van der Waals surface area contributed by atoms with Crippen molar-refractivity contribution in [3.05, 3.63) is 43.2 Å². The molecule has 1 heterocycles. The first-order valence-electron chi connectivity index (χ1n) is 4.03. The van der Waals surface area contributed by atoms with Gasteiger partial charge in [-0.3, -0.25) is 0 Å². The average Bonchev–Trinajstić information content (AvgIpc) is 2.19. The van der Waals surface area contributed by atoms with Gasteiger partial charge < -0.3 is 4.74 Å². The minimum atomic E-state index is -0.413. The average molecular weight is 178 g/mol. The summed E-state index contributed by atoms with van der Waals surface area (Å²) in [5.74, 6) is -0.413. The Bertz CT molecular complexity index is 295. The predicted molar refractivity (Wildman–Crippen MR) is 47.6 cm³/mol. The largest absolute Gasteiger partial charge is 0.399 e. The van der Waals surface area contributed by atoms with Crippen LogP contribution < -0.4 is 4.57 Å². The Morgan fingerprint density at radius 1 is 1.46 bits per heavy atom. The van der Waals surface area contributed by atoms with Gasteiger partial charge >= 0.3 is 12.2 Å². The second-order valence-electron chi connectivity index (χ2n) is 2.56. The molecule has 0 bridgehead atoms. The van der Waals surface area contributed by atoms with Crippen molar-refractivity contribution in [3.8, 4) is 0 Å². The van der Waals surface area contributed by atoms with Gasteiger partial charge in [-0.2, -0.15) is 4.57 Å². The van der Waals surface area contributed by atoms with E-state index in [-0.39, 0.29) is 6.23 Å². The standard InChI is InChI=1S/C10H12NO2/c1-3-10(12)13-9(2)11-7-5-4-6-8-11/h3-9H,1H2,2H3/q+1. The molecule has 0 saturated heterocycles. The molecule has 0 spiro atoms. The first-order chi connectivity index (χ1) is 6.24. The van der Waals surface area contributed by atoms with Crippen LogP contribution in [0.1, 0.15) is 13.2 Å². The Hall–Kier alpha value is -1.64. The van der Waals surface area contributed by atoms with Gasteiger partial charge in [-0.25, -0.2) is 4.79 Å². The maximum atomic E-state index is 10.8. The van der Waals surface area contributed by atoms with Crippen LogP contribution in [-0.4, -0.2) is 5.97 Å². The Morgan fingerprint density at radius 3 is 2.62 bits per heavy atom. The van der Waals surface area contributed by atoms with E-state index in [2.05, 4.69) is 6.58 Å². The van der Waals surface area contributed by atoms with Gasteiger partial charge in [0, 0.05) is 25.1 Å². The summed E-state index contributed by atoms with van der Waals surface area (Å²) in [4.78, 5) is 10.8. The minimum absolute atomic E-state index is 0.299. The number of carbonyl (C=O) groups excluding carboxylic acids is 1. The summed E-state index contributed by atoms with van der Waals surface area (Å²) < 4.78 is 6.78. The Morgan fingerprint density at radius 2 is 2.08 bits per heavy atom. The lowest BCUT2D eigenvalue weighted by atomic mass is 10.4. The van der Waals surface area contributed by atoms with Crippen LogP contribution in [0.2, 0.25) is 0 Å². The number of ether oxygens (including phenoxy) is 1. The fraction of sp³-hybridized carbons (Fsp3) is 0.200. The van der Waals surface area contributed by atoms with E-state index in [0.717, 1.165) is 6.08 Å². The number of carbonyl (C=O) groups is 1. The summed E-state index contributed by atoms with van der Waals surface area (Å²) >= 11 is 0. The molecule has 1 atom stereocenters. The number of rotatable bonds is 3. The highest BCUT2D eigenvalue weighted by Crippen LogP contribution is 1.97. The van der Waals surface area contributed by atoms with Gasteiger partial charge in [0.25, 0.3) is 0 Å². The summed E-state index contributed by atoms with van der Waals surface area (Å²) in [5.41, 5.74) is 0. The normalized spacial score (nSPS) is 11.8. The van der Waals surface area contributed by atoms with Gasteiger partial charge in [0.1, 0.15) is 0 Å². The van der Waals surface area contributed by atoms with Crippen LogP contribution in [-0.2, 0) is 9.53 Å². The van der Waals surface area contributed by atoms with Gasteiger partial charge in [-0.15, -0.1) is 0 Å². The van der Waals surface area contributed by atoms with E-state index in [1.165, 1.54) is 0 Å². The molecule has 68 valence electrons. The first-order valence-corrected chi connectivity index (χ1v) is 4.03. The molecule has 1 rings (SSSR count). The zero-order valence-electron chi connectivity index (χ0n) is 7.51. The van der Waals surface area contributed by atoms with Crippen molar-refractivity contribution in [2.75, 3.05) is 0 Å². The molecule has 0 aliphatic carbocycles. The van der Waals surface area contributed by atoms with Crippen molar-refractivity contribution >= 4 is 5.97 Å². The molecule has 0 saturated carbocycles. The van der Waals surface area contributed by atoms with Crippen LogP contribution in [0, 0.1) is 0 Å². The highest BCUT2D eigenvalue weighted by molar-refractivity contribution is 5.81. The number of pyridine rings is 1. The summed E-state index contributed by atoms with van der Waals surface area (Å²) in [6, 6.07) is 5.65. The van der Waals surface area contributed by atoms with Crippen LogP contribution in [0.3, 0.4) is 0 Å². The minimum Gasteiger partial charge on any atom is -0.399 e. The number of esters is 1. The second kappa shape index (κ2) is 4.40. The summed E-state index contributed by atoms with van der Waals surface area (Å²) in [6.07, 6.45) is 4.52. The Labute approximate surface area is 77.3 Å². The molecule has 0 N–H and O–H groups in total. The van der Waals surface area contributed by atoms with E-state index in [9.17, 15) is 4.79 Å². The molecule has 3 heteroatoms. The monoisotopic (exact) mass is 178 g/mol. The third-order valence-corrected chi connectivity index (χ3v) is 1.61. The molecule has 0 radical (unpaired) electrons. The van der Waals surface area contributed by atoms with E-state index in [1.807, 2.05) is 30.6 Å². The zero-order chi connectivity index (χ0) is 9.68. The zero-order valence-corrected chi connectivity index (χ0v) is 7.51. The highest BCUT2D eigenvalue weighted by atomic mass is 16.6. The van der Waals surface area contributed by atoms with E-state index >= 15 is 0 Å². The summed E-state index contributed by atoms with van der Waals surface area (Å²) in [6.45, 7) is 5.12. The molecule has 1 aromatic heterocycles. The van der Waals surface area contributed by atoms with Crippen molar-refractivity contribution in [1.82, 2.24) is 0 Å². The first kappa shape index (κ1) is 9.45. The molecule has 1 aromatic rings. The van der Waals surface area contributed by atoms with Crippen molar-refractivity contribution in [2.45, 2.75) is 13.2 Å². The maximum absolute atomic E-state index is 10.8. The molecule has 0 fully saturated rings. The van der Waals surface area contributed by atoms with Crippen LogP contribution in [0.4, 0.5) is 0 Å². The lowest BCUT2D eigenvalue weighted by molar-refractivity contribution is -0.753. The number of hydrogen-bond acceptors (Lipinski definition) is 2. The fourth-order valence-corrected chi connectivity index (χ4v) is 0.931. The second-order valence-corrected chi connectivity index (χ2v) is 2.56. The lowest BCUT2D eigenvalue weighted by Crippen LogP contribution is -2.39. The SMILES string of the molecule is C=CC(=O)OC(C)[n+]1ccccc1. The third-order valence-electron chi connectivity index (χ3n) is 1.61. The van der Waals surface area contributed by atoms with Crippen LogP contribution in [0.25, 0.3) is 0 Å². The van der Waals surface area contributed by atoms with Gasteiger partial charge in [0.15, 0.2) is 12.4 Å². The summed E-state index contributed by atoms with van der Waals surface area (Å²) in [7, 11) is 0. The van der Waals surface area contributed by atoms with Crippen LogP contribution >= 0.6 is 0 Å². The van der Waals surface area contributed by atoms with E-state index in [4.69, 9.17) is 4.74 Å². The smallest absolute Gasteiger partial charge is 0.335 e. The molecular weight excluding hydrogens is 166 g/mol. The van der Waals surface area contributed by atoms with E-state index < -0.39 is 5.97 Å². The van der Waals surface area contributed by atoms with Crippen molar-refractivity contribution in [1.29, 1.82) is 0 Å². The lowest BCUT2D eigenvalue weighted by Gasteiger charge is -2.05. The molecular formula is C10H12NO2+. The number of hydrogen-bond donors (Lipinski definition) is 0. The van der Waals surface area contributed by atoms with Crippen molar-refractivity contribution < 1.29 is 14.1 Å². The third kappa shape index (κ3) is 2.71. The molecule has 3 nitrogen and oxygen atoms in total. The molecule has 0 amide bonds. The van der Waals surface area contributed by atoms with Gasteiger partial charge in [0.2, 0.25) is 0 Å². The Balaban J connectivity index is 2.63. The number of aromatic nitrogens is 1. The summed E-state index contributed by atoms with van der Waals surface area (Å²) in [5, 5.41) is 0. The molecule has 0 aliphatic heterocycles. The van der Waals surface area contributed by atoms with Crippen molar-refractivity contribution in [2.24, 2.45) is 0 Å². The van der Waals surface area contributed by atoms with Crippen LogP contribution in [0.15, 0.2) is 43.2 Å². The highest BCUT2D eigenvalue weighted by Gasteiger charge is 2.13. The maximum Gasteiger partial charge on any atom is 0.335 e. The van der Waals surface area contributed by atoms with E-state index in [0.29, 0.717) is 0 Å². The van der Waals surface area contributed by atoms with E-state index in [1.54, 1.807) is 11.5 Å². The topological polar surface area (TPSA) is 30.2 Å². The molecule has 13 heavy (non-hydrogen) atoms. The fourth-order valence-electron chi connectivity index (χ4n) is 0.931. The predicted octanol–water partition coefficient (Wildman–Crippen LogP) is 1.22. The van der Waals surface area contributed by atoms with Crippen LogP contribution in [0.5, 0.6) is 0 Å².